The molecule has 1 unspecified atom stereocenters. The van der Waals surface area contributed by atoms with E-state index in [1.165, 1.54) is 22.9 Å². The molecule has 1 atom stereocenters. The molecule has 0 aliphatic carbocycles. The van der Waals surface area contributed by atoms with Crippen molar-refractivity contribution in [2.45, 2.75) is 26.3 Å². The molecule has 18 heavy (non-hydrogen) atoms. The molecule has 98 valence electrons. The van der Waals surface area contributed by atoms with Gasteiger partial charge in [0, 0.05) is 15.3 Å². The van der Waals surface area contributed by atoms with Gasteiger partial charge in [-0.05, 0) is 69.9 Å². The van der Waals surface area contributed by atoms with E-state index in [1.54, 1.807) is 11.3 Å². The van der Waals surface area contributed by atoms with Gasteiger partial charge in [0.1, 0.15) is 0 Å². The number of hydrogen-bond donors (Lipinski definition) is 1. The van der Waals surface area contributed by atoms with E-state index in [4.69, 9.17) is 0 Å². The van der Waals surface area contributed by atoms with E-state index >= 15 is 0 Å². The minimum Gasteiger partial charge on any atom is -0.306 e. The summed E-state index contributed by atoms with van der Waals surface area (Å²) in [6, 6.07) is 6.92. The normalized spacial score (nSPS) is 12.9. The maximum atomic E-state index is 3.67. The summed E-state index contributed by atoms with van der Waals surface area (Å²) in [4.78, 5) is 2.74. The lowest BCUT2D eigenvalue weighted by Crippen LogP contribution is -2.22. The highest BCUT2D eigenvalue weighted by Crippen LogP contribution is 2.39. The van der Waals surface area contributed by atoms with Crippen molar-refractivity contribution in [3.05, 3.63) is 41.1 Å². The van der Waals surface area contributed by atoms with Crippen molar-refractivity contribution in [2.75, 3.05) is 6.54 Å². The van der Waals surface area contributed by atoms with Crippen LogP contribution < -0.4 is 5.32 Å². The second kappa shape index (κ2) is 6.66. The van der Waals surface area contributed by atoms with Gasteiger partial charge in [0.2, 0.25) is 0 Å². The lowest BCUT2D eigenvalue weighted by molar-refractivity contribution is 0.606. The molecule has 0 saturated heterocycles. The zero-order valence-electron chi connectivity index (χ0n) is 10.3. The van der Waals surface area contributed by atoms with Crippen LogP contribution in [0.4, 0.5) is 0 Å². The Balaban J connectivity index is 2.33. The Morgan fingerprint density at radius 1 is 1.28 bits per heavy atom. The molecule has 0 spiro atoms. The van der Waals surface area contributed by atoms with Crippen molar-refractivity contribution in [1.82, 2.24) is 5.32 Å². The Labute approximate surface area is 133 Å². The summed E-state index contributed by atoms with van der Waals surface area (Å²) >= 11 is 10.8. The Hall–Kier alpha value is 0.320. The van der Waals surface area contributed by atoms with E-state index < -0.39 is 0 Å². The fourth-order valence-corrected chi connectivity index (χ4v) is 5.69. The van der Waals surface area contributed by atoms with Gasteiger partial charge in [-0.3, -0.25) is 0 Å². The van der Waals surface area contributed by atoms with Crippen LogP contribution in [0.5, 0.6) is 0 Å². The first-order valence-electron chi connectivity index (χ1n) is 5.86. The largest absolute Gasteiger partial charge is 0.306 e. The molecule has 5 heteroatoms. The van der Waals surface area contributed by atoms with Gasteiger partial charge in [0.05, 0.1) is 13.6 Å². The summed E-state index contributed by atoms with van der Waals surface area (Å²) in [5.74, 6) is 0. The molecular formula is C13H15Br2NS2. The minimum absolute atomic E-state index is 0.292. The molecule has 2 aromatic rings. The Morgan fingerprint density at radius 2 is 2.06 bits per heavy atom. The van der Waals surface area contributed by atoms with Gasteiger partial charge in [-0.15, -0.1) is 22.7 Å². The molecular weight excluding hydrogens is 394 g/mol. The maximum absolute atomic E-state index is 3.67. The third kappa shape index (κ3) is 3.45. The fraction of sp³-hybridized carbons (Fsp3) is 0.385. The summed E-state index contributed by atoms with van der Waals surface area (Å²) in [7, 11) is 0. The topological polar surface area (TPSA) is 12.0 Å². The summed E-state index contributed by atoms with van der Waals surface area (Å²) < 4.78 is 2.37. The Morgan fingerprint density at radius 3 is 2.56 bits per heavy atom. The first kappa shape index (κ1) is 14.7. The number of nitrogens with one attached hydrogen (secondary N) is 1. The average Bonchev–Trinajstić information content (AvgIpc) is 2.87. The van der Waals surface area contributed by atoms with Crippen molar-refractivity contribution >= 4 is 54.5 Å². The smallest absolute Gasteiger partial charge is 0.0762 e. The monoisotopic (exact) mass is 407 g/mol. The quantitative estimate of drug-likeness (QED) is 0.665. The molecule has 0 aromatic carbocycles. The van der Waals surface area contributed by atoms with Crippen LogP contribution in [0.15, 0.2) is 25.8 Å². The number of halogens is 2. The third-order valence-electron chi connectivity index (χ3n) is 2.64. The predicted molar refractivity (Wildman–Crippen MR) is 88.9 cm³/mol. The van der Waals surface area contributed by atoms with Crippen LogP contribution in [0.1, 0.15) is 34.7 Å². The Kier molecular flexibility index (Phi) is 5.45. The first-order valence-corrected chi connectivity index (χ1v) is 9.08. The number of hydrogen-bond acceptors (Lipinski definition) is 3. The average molecular weight is 409 g/mol. The SMILES string of the molecule is CCCNC(c1ccc(C)s1)c1cc(Br)sc1Br. The summed E-state index contributed by atoms with van der Waals surface area (Å²) in [5.41, 5.74) is 1.32. The highest BCUT2D eigenvalue weighted by molar-refractivity contribution is 9.12. The van der Waals surface area contributed by atoms with Crippen LogP contribution in [0, 0.1) is 6.92 Å². The summed E-state index contributed by atoms with van der Waals surface area (Å²) in [5, 5.41) is 3.64. The van der Waals surface area contributed by atoms with Crippen LogP contribution in [0.25, 0.3) is 0 Å². The van der Waals surface area contributed by atoms with Crippen molar-refractivity contribution in [3.63, 3.8) is 0 Å². The minimum atomic E-state index is 0.292. The number of thiophene rings is 2. The van der Waals surface area contributed by atoms with Crippen LogP contribution >= 0.6 is 54.5 Å². The van der Waals surface area contributed by atoms with Gasteiger partial charge in [-0.1, -0.05) is 6.92 Å². The van der Waals surface area contributed by atoms with Gasteiger partial charge in [-0.25, -0.2) is 0 Å². The van der Waals surface area contributed by atoms with Gasteiger partial charge < -0.3 is 5.32 Å². The number of rotatable bonds is 5. The van der Waals surface area contributed by atoms with Crippen LogP contribution in [0.3, 0.4) is 0 Å². The molecule has 0 fully saturated rings. The van der Waals surface area contributed by atoms with Gasteiger partial charge in [-0.2, -0.15) is 0 Å². The van der Waals surface area contributed by atoms with E-state index in [0.29, 0.717) is 6.04 Å². The lowest BCUT2D eigenvalue weighted by atomic mass is 10.1. The van der Waals surface area contributed by atoms with Crippen molar-refractivity contribution in [1.29, 1.82) is 0 Å². The molecule has 0 amide bonds. The van der Waals surface area contributed by atoms with E-state index in [9.17, 15) is 0 Å². The zero-order chi connectivity index (χ0) is 13.1. The molecule has 1 N–H and O–H groups in total. The van der Waals surface area contributed by atoms with Crippen molar-refractivity contribution < 1.29 is 0 Å². The van der Waals surface area contributed by atoms with Gasteiger partial charge >= 0.3 is 0 Å². The predicted octanol–water partition coefficient (Wildman–Crippen LogP) is 5.73. The lowest BCUT2D eigenvalue weighted by Gasteiger charge is -2.16. The maximum Gasteiger partial charge on any atom is 0.0762 e. The first-order chi connectivity index (χ1) is 8.61. The van der Waals surface area contributed by atoms with Crippen LogP contribution in [-0.2, 0) is 0 Å². The van der Waals surface area contributed by atoms with E-state index in [-0.39, 0.29) is 0 Å². The third-order valence-corrected chi connectivity index (χ3v) is 6.09. The van der Waals surface area contributed by atoms with E-state index in [2.05, 4.69) is 69.2 Å². The molecule has 2 rings (SSSR count). The van der Waals surface area contributed by atoms with Crippen molar-refractivity contribution in [3.8, 4) is 0 Å². The van der Waals surface area contributed by atoms with Crippen LogP contribution in [0.2, 0.25) is 0 Å². The highest BCUT2D eigenvalue weighted by Gasteiger charge is 2.19. The molecule has 2 aromatic heterocycles. The molecule has 0 bridgehead atoms. The van der Waals surface area contributed by atoms with E-state index in [1.807, 2.05) is 11.3 Å². The molecule has 1 nitrogen and oxygen atoms in total. The molecule has 2 heterocycles. The van der Waals surface area contributed by atoms with E-state index in [0.717, 1.165) is 13.0 Å². The summed E-state index contributed by atoms with van der Waals surface area (Å²) in [6.45, 7) is 5.38. The highest BCUT2D eigenvalue weighted by atomic mass is 79.9. The Bertz CT molecular complexity index is 519. The second-order valence-corrected chi connectivity index (χ2v) is 9.18. The van der Waals surface area contributed by atoms with Gasteiger partial charge in [0.15, 0.2) is 0 Å². The molecule has 0 radical (unpaired) electrons. The molecule has 0 saturated carbocycles. The summed E-state index contributed by atoms with van der Waals surface area (Å²) in [6.07, 6.45) is 1.14. The van der Waals surface area contributed by atoms with Gasteiger partial charge in [0.25, 0.3) is 0 Å². The standard InChI is InChI=1S/C13H15Br2NS2/c1-3-6-16-12(10-5-4-8(2)17-10)9-7-11(14)18-13(9)15/h4-5,7,12,16H,3,6H2,1-2H3. The second-order valence-electron chi connectivity index (χ2n) is 4.12. The molecule has 0 aliphatic heterocycles. The number of aryl methyl sites for hydroxylation is 1. The molecule has 0 aliphatic rings. The fourth-order valence-electron chi connectivity index (χ4n) is 1.81. The zero-order valence-corrected chi connectivity index (χ0v) is 15.1. The van der Waals surface area contributed by atoms with Crippen molar-refractivity contribution in [2.24, 2.45) is 0 Å². The van der Waals surface area contributed by atoms with Crippen LogP contribution in [-0.4, -0.2) is 6.54 Å².